The van der Waals surface area contributed by atoms with Crippen molar-refractivity contribution in [1.82, 2.24) is 4.90 Å². The Hall–Kier alpha value is -2.56. The summed E-state index contributed by atoms with van der Waals surface area (Å²) in [4.78, 5) is 25.6. The number of allylic oxidation sites excluding steroid dienone is 1. The molecular formula is C15H15NO4. The molecule has 1 aromatic carbocycles. The molecule has 0 aliphatic rings. The van der Waals surface area contributed by atoms with Crippen molar-refractivity contribution in [2.45, 2.75) is 0 Å². The van der Waals surface area contributed by atoms with E-state index in [0.29, 0.717) is 16.7 Å². The van der Waals surface area contributed by atoms with Crippen LogP contribution in [0.15, 0.2) is 45.8 Å². The van der Waals surface area contributed by atoms with E-state index in [0.717, 1.165) is 0 Å². The Labute approximate surface area is 116 Å². The number of hydrogen-bond donors (Lipinski definition) is 0. The predicted molar refractivity (Wildman–Crippen MR) is 76.2 cm³/mol. The zero-order valence-corrected chi connectivity index (χ0v) is 11.5. The lowest BCUT2D eigenvalue weighted by molar-refractivity contribution is 0.104. The van der Waals surface area contributed by atoms with Crippen LogP contribution in [0.5, 0.6) is 5.75 Å². The summed E-state index contributed by atoms with van der Waals surface area (Å²) in [6.45, 7) is 0. The zero-order valence-electron chi connectivity index (χ0n) is 11.5. The molecule has 0 atom stereocenters. The molecule has 0 saturated heterocycles. The van der Waals surface area contributed by atoms with Gasteiger partial charge in [-0.15, -0.1) is 0 Å². The lowest BCUT2D eigenvalue weighted by Crippen LogP contribution is -2.13. The van der Waals surface area contributed by atoms with Gasteiger partial charge >= 0.3 is 5.63 Å². The summed E-state index contributed by atoms with van der Waals surface area (Å²) in [5, 5.41) is 0.644. The highest BCUT2D eigenvalue weighted by atomic mass is 16.5. The van der Waals surface area contributed by atoms with Crippen molar-refractivity contribution in [3.8, 4) is 5.75 Å². The second kappa shape index (κ2) is 5.61. The summed E-state index contributed by atoms with van der Waals surface area (Å²) in [6.07, 6.45) is 2.91. The minimum Gasteiger partial charge on any atom is -0.493 e. The van der Waals surface area contributed by atoms with Crippen LogP contribution in [-0.4, -0.2) is 31.9 Å². The Balaban J connectivity index is 2.54. The Bertz CT molecular complexity index is 728. The second-order valence-corrected chi connectivity index (χ2v) is 4.47. The van der Waals surface area contributed by atoms with Crippen molar-refractivity contribution >= 4 is 16.8 Å². The minimum absolute atomic E-state index is 0.00357. The van der Waals surface area contributed by atoms with E-state index in [9.17, 15) is 9.59 Å². The molecule has 0 aliphatic heterocycles. The van der Waals surface area contributed by atoms with Crippen LogP contribution in [0.2, 0.25) is 0 Å². The smallest absolute Gasteiger partial charge is 0.347 e. The van der Waals surface area contributed by atoms with Crippen LogP contribution in [0, 0.1) is 0 Å². The van der Waals surface area contributed by atoms with Crippen molar-refractivity contribution < 1.29 is 13.9 Å². The number of nitrogens with zero attached hydrogens (tertiary/aromatic N) is 1. The van der Waals surface area contributed by atoms with Gasteiger partial charge in [0.2, 0.25) is 0 Å². The maximum atomic E-state index is 12.0. The van der Waals surface area contributed by atoms with Crippen molar-refractivity contribution in [3.05, 3.63) is 52.5 Å². The summed E-state index contributed by atoms with van der Waals surface area (Å²) in [7, 11) is 5.07. The largest absolute Gasteiger partial charge is 0.493 e. The molecule has 5 nitrogen and oxygen atoms in total. The zero-order chi connectivity index (χ0) is 14.7. The highest BCUT2D eigenvalue weighted by Gasteiger charge is 2.13. The van der Waals surface area contributed by atoms with Gasteiger partial charge in [0.1, 0.15) is 5.56 Å². The number of fused-ring (bicyclic) bond motifs is 1. The molecule has 1 aromatic heterocycles. The average Bonchev–Trinajstić information content (AvgIpc) is 2.43. The van der Waals surface area contributed by atoms with Gasteiger partial charge < -0.3 is 14.1 Å². The van der Waals surface area contributed by atoms with E-state index in [2.05, 4.69) is 0 Å². The fraction of sp³-hybridized carbons (Fsp3) is 0.200. The van der Waals surface area contributed by atoms with Crippen LogP contribution in [0.1, 0.15) is 10.4 Å². The number of carbonyl (C=O) groups excluding carboxylic acids is 1. The first-order valence-electron chi connectivity index (χ1n) is 6.02. The quantitative estimate of drug-likeness (QED) is 0.485. The van der Waals surface area contributed by atoms with Gasteiger partial charge in [0, 0.05) is 31.8 Å². The second-order valence-electron chi connectivity index (χ2n) is 4.47. The lowest BCUT2D eigenvalue weighted by atomic mass is 10.1. The number of rotatable bonds is 4. The maximum Gasteiger partial charge on any atom is 0.347 e. The summed E-state index contributed by atoms with van der Waals surface area (Å²) in [5.74, 6) is 0.0691. The molecule has 0 aliphatic carbocycles. The van der Waals surface area contributed by atoms with Crippen LogP contribution in [-0.2, 0) is 0 Å². The maximum absolute atomic E-state index is 12.0. The van der Waals surface area contributed by atoms with E-state index < -0.39 is 11.4 Å². The average molecular weight is 273 g/mol. The molecule has 0 amide bonds. The fourth-order valence-corrected chi connectivity index (χ4v) is 1.76. The summed E-state index contributed by atoms with van der Waals surface area (Å²) in [6, 6.07) is 6.74. The molecule has 5 heteroatoms. The fourth-order valence-electron chi connectivity index (χ4n) is 1.76. The van der Waals surface area contributed by atoms with Crippen LogP contribution in [0.3, 0.4) is 0 Å². The molecule has 0 bridgehead atoms. The van der Waals surface area contributed by atoms with Gasteiger partial charge in [0.15, 0.2) is 17.1 Å². The van der Waals surface area contributed by atoms with Crippen LogP contribution < -0.4 is 10.4 Å². The van der Waals surface area contributed by atoms with E-state index in [-0.39, 0.29) is 5.56 Å². The molecule has 2 aromatic rings. The Kier molecular flexibility index (Phi) is 3.89. The number of para-hydroxylation sites is 1. The van der Waals surface area contributed by atoms with Gasteiger partial charge in [0.25, 0.3) is 0 Å². The topological polar surface area (TPSA) is 59.8 Å². The molecule has 0 spiro atoms. The van der Waals surface area contributed by atoms with Crippen molar-refractivity contribution in [1.29, 1.82) is 0 Å². The highest BCUT2D eigenvalue weighted by Crippen LogP contribution is 2.24. The number of carbonyl (C=O) groups is 1. The number of ketones is 1. The third kappa shape index (κ3) is 2.71. The molecule has 0 saturated carbocycles. The van der Waals surface area contributed by atoms with Gasteiger partial charge in [0.05, 0.1) is 7.11 Å². The van der Waals surface area contributed by atoms with E-state index >= 15 is 0 Å². The summed E-state index contributed by atoms with van der Waals surface area (Å²) < 4.78 is 10.3. The first-order chi connectivity index (χ1) is 9.52. The van der Waals surface area contributed by atoms with Gasteiger partial charge in [-0.1, -0.05) is 12.1 Å². The number of benzene rings is 1. The van der Waals surface area contributed by atoms with Gasteiger partial charge in [-0.25, -0.2) is 4.79 Å². The summed E-state index contributed by atoms with van der Waals surface area (Å²) in [5.41, 5.74) is -0.326. The molecule has 20 heavy (non-hydrogen) atoms. The normalized spacial score (nSPS) is 10.9. The standard InChI is InChI=1S/C15H15NO4/c1-16(2)8-7-12(17)11-9-10-5-4-6-13(19-3)14(10)20-15(11)18/h4-9H,1-3H3. The lowest BCUT2D eigenvalue weighted by Gasteiger charge is -2.05. The van der Waals surface area contributed by atoms with Gasteiger partial charge in [-0.3, -0.25) is 4.79 Å². The molecule has 1 heterocycles. The SMILES string of the molecule is COc1cccc2cc(C(=O)C=CN(C)C)c(=O)oc12. The van der Waals surface area contributed by atoms with Crippen molar-refractivity contribution in [2.75, 3.05) is 21.2 Å². The van der Waals surface area contributed by atoms with Gasteiger partial charge in [-0.2, -0.15) is 0 Å². The van der Waals surface area contributed by atoms with E-state index in [1.807, 2.05) is 0 Å². The number of hydrogen-bond acceptors (Lipinski definition) is 5. The molecular weight excluding hydrogens is 258 g/mol. The third-order valence-corrected chi connectivity index (χ3v) is 2.73. The van der Waals surface area contributed by atoms with Gasteiger partial charge in [-0.05, 0) is 12.1 Å². The van der Waals surface area contributed by atoms with Crippen LogP contribution in [0.25, 0.3) is 11.0 Å². The first kappa shape index (κ1) is 13.9. The van der Waals surface area contributed by atoms with E-state index in [1.54, 1.807) is 43.4 Å². The third-order valence-electron chi connectivity index (χ3n) is 2.73. The number of methoxy groups -OCH3 is 1. The molecule has 0 unspecified atom stereocenters. The van der Waals surface area contributed by atoms with Crippen LogP contribution in [0.4, 0.5) is 0 Å². The molecule has 0 fully saturated rings. The summed E-state index contributed by atoms with van der Waals surface area (Å²) >= 11 is 0. The Morgan fingerprint density at radius 1 is 1.35 bits per heavy atom. The Morgan fingerprint density at radius 2 is 2.10 bits per heavy atom. The molecule has 2 rings (SSSR count). The highest BCUT2D eigenvalue weighted by molar-refractivity contribution is 6.05. The Morgan fingerprint density at radius 3 is 2.75 bits per heavy atom. The predicted octanol–water partition coefficient (Wildman–Crippen LogP) is 2.06. The van der Waals surface area contributed by atoms with E-state index in [4.69, 9.17) is 9.15 Å². The minimum atomic E-state index is -0.671. The molecule has 104 valence electrons. The van der Waals surface area contributed by atoms with Crippen molar-refractivity contribution in [2.24, 2.45) is 0 Å². The van der Waals surface area contributed by atoms with Crippen LogP contribution >= 0.6 is 0 Å². The molecule has 0 N–H and O–H groups in total. The number of ether oxygens (including phenoxy) is 1. The first-order valence-corrected chi connectivity index (χ1v) is 6.02. The van der Waals surface area contributed by atoms with E-state index in [1.165, 1.54) is 19.3 Å². The molecule has 0 radical (unpaired) electrons. The van der Waals surface area contributed by atoms with Crippen molar-refractivity contribution in [3.63, 3.8) is 0 Å². The monoisotopic (exact) mass is 273 g/mol.